The molecule has 1 aromatic rings. The normalized spacial score (nSPS) is 11.9. The van der Waals surface area contributed by atoms with Gasteiger partial charge in [-0.25, -0.2) is 9.78 Å². The van der Waals surface area contributed by atoms with Crippen molar-refractivity contribution in [1.82, 2.24) is 4.98 Å². The van der Waals surface area contributed by atoms with Gasteiger partial charge in [-0.3, -0.25) is 10.1 Å². The molecule has 17 heavy (non-hydrogen) atoms. The van der Waals surface area contributed by atoms with Crippen LogP contribution in [0.3, 0.4) is 0 Å². The van der Waals surface area contributed by atoms with Gasteiger partial charge in [0.1, 0.15) is 6.04 Å². The smallest absolute Gasteiger partial charge is 0.326 e. The molecule has 1 atom stereocenters. The van der Waals surface area contributed by atoms with Crippen LogP contribution in [0.15, 0.2) is 12.3 Å². The summed E-state index contributed by atoms with van der Waals surface area (Å²) >= 11 is 0. The Morgan fingerprint density at radius 2 is 2.35 bits per heavy atom. The maximum absolute atomic E-state index is 10.9. The molecule has 0 radical (unpaired) electrons. The predicted molar refractivity (Wildman–Crippen MR) is 61.0 cm³/mol. The quantitative estimate of drug-likeness (QED) is 0.596. The molecule has 0 aliphatic carbocycles. The van der Waals surface area contributed by atoms with Gasteiger partial charge in [-0.1, -0.05) is 6.92 Å². The molecule has 2 N–H and O–H groups in total. The molecule has 0 bridgehead atoms. The molecule has 92 valence electrons. The summed E-state index contributed by atoms with van der Waals surface area (Å²) < 4.78 is 0. The molecule has 7 heteroatoms. The van der Waals surface area contributed by atoms with Crippen molar-refractivity contribution in [3.8, 4) is 0 Å². The van der Waals surface area contributed by atoms with Crippen LogP contribution in [-0.2, 0) is 4.79 Å². The van der Waals surface area contributed by atoms with Crippen LogP contribution < -0.4 is 5.32 Å². The number of pyridine rings is 1. The van der Waals surface area contributed by atoms with E-state index in [0.717, 1.165) is 0 Å². The summed E-state index contributed by atoms with van der Waals surface area (Å²) in [4.78, 5) is 24.9. The lowest BCUT2D eigenvalue weighted by Crippen LogP contribution is -2.29. The predicted octanol–water partition coefficient (Wildman–Crippen LogP) is 1.57. The summed E-state index contributed by atoms with van der Waals surface area (Å²) in [5.41, 5.74) is 0.250. The highest BCUT2D eigenvalue weighted by Gasteiger charge is 2.23. The number of nitrogens with zero attached hydrogens (tertiary/aromatic N) is 2. The molecule has 1 unspecified atom stereocenters. The average molecular weight is 239 g/mol. The zero-order chi connectivity index (χ0) is 13.0. The van der Waals surface area contributed by atoms with E-state index in [1.165, 1.54) is 12.3 Å². The number of hydrogen-bond donors (Lipinski definition) is 2. The van der Waals surface area contributed by atoms with Crippen LogP contribution in [-0.4, -0.2) is 27.0 Å². The summed E-state index contributed by atoms with van der Waals surface area (Å²) in [6.07, 6.45) is 1.71. The number of nitrogens with one attached hydrogen (secondary N) is 1. The van der Waals surface area contributed by atoms with E-state index in [-0.39, 0.29) is 11.5 Å². The number of aliphatic carboxylic acids is 1. The summed E-state index contributed by atoms with van der Waals surface area (Å²) in [7, 11) is 0. The molecule has 0 aliphatic rings. The lowest BCUT2D eigenvalue weighted by Gasteiger charge is -2.13. The third kappa shape index (κ3) is 2.90. The van der Waals surface area contributed by atoms with Crippen LogP contribution in [0.2, 0.25) is 0 Å². The number of rotatable bonds is 5. The fourth-order valence-electron chi connectivity index (χ4n) is 1.39. The molecule has 0 fully saturated rings. The van der Waals surface area contributed by atoms with E-state index in [4.69, 9.17) is 5.11 Å². The van der Waals surface area contributed by atoms with Gasteiger partial charge in [0, 0.05) is 11.8 Å². The SMILES string of the molecule is CCC(Nc1nccc(C)c1[N+](=O)[O-])C(=O)O. The van der Waals surface area contributed by atoms with Gasteiger partial charge in [-0.15, -0.1) is 0 Å². The van der Waals surface area contributed by atoms with E-state index in [2.05, 4.69) is 10.3 Å². The van der Waals surface area contributed by atoms with Crippen molar-refractivity contribution in [3.05, 3.63) is 27.9 Å². The first-order valence-corrected chi connectivity index (χ1v) is 5.06. The summed E-state index contributed by atoms with van der Waals surface area (Å²) in [5, 5.41) is 22.3. The summed E-state index contributed by atoms with van der Waals surface area (Å²) in [6, 6.07) is 0.619. The monoisotopic (exact) mass is 239 g/mol. The second-order valence-corrected chi connectivity index (χ2v) is 3.53. The Bertz CT molecular complexity index is 447. The average Bonchev–Trinajstić information content (AvgIpc) is 2.24. The second kappa shape index (κ2) is 5.24. The van der Waals surface area contributed by atoms with Crippen LogP contribution in [0.1, 0.15) is 18.9 Å². The number of carboxylic acid groups (broad SMARTS) is 1. The minimum Gasteiger partial charge on any atom is -0.480 e. The molecule has 0 saturated carbocycles. The highest BCUT2D eigenvalue weighted by Crippen LogP contribution is 2.26. The number of anilines is 1. The third-order valence-corrected chi connectivity index (χ3v) is 2.33. The maximum Gasteiger partial charge on any atom is 0.326 e. The standard InChI is InChI=1S/C10H13N3O4/c1-3-7(10(14)15)12-9-8(13(16)17)6(2)4-5-11-9/h4-5,7H,3H2,1-2H3,(H,11,12)(H,14,15). The van der Waals surface area contributed by atoms with Crippen molar-refractivity contribution in [1.29, 1.82) is 0 Å². The Balaban J connectivity index is 3.10. The van der Waals surface area contributed by atoms with E-state index in [1.807, 2.05) is 0 Å². The fraction of sp³-hybridized carbons (Fsp3) is 0.400. The van der Waals surface area contributed by atoms with Crippen molar-refractivity contribution in [2.45, 2.75) is 26.3 Å². The van der Waals surface area contributed by atoms with E-state index in [0.29, 0.717) is 12.0 Å². The minimum atomic E-state index is -1.06. The van der Waals surface area contributed by atoms with Crippen molar-refractivity contribution < 1.29 is 14.8 Å². The molecule has 0 aromatic carbocycles. The molecular formula is C10H13N3O4. The fourth-order valence-corrected chi connectivity index (χ4v) is 1.39. The molecule has 0 amide bonds. The number of carboxylic acids is 1. The van der Waals surface area contributed by atoms with E-state index in [9.17, 15) is 14.9 Å². The van der Waals surface area contributed by atoms with Crippen LogP contribution in [0.5, 0.6) is 0 Å². The molecule has 1 rings (SSSR count). The minimum absolute atomic E-state index is 0.00995. The third-order valence-electron chi connectivity index (χ3n) is 2.33. The molecule has 1 heterocycles. The molecule has 0 saturated heterocycles. The first kappa shape index (κ1) is 12.9. The van der Waals surface area contributed by atoms with Crippen LogP contribution >= 0.6 is 0 Å². The van der Waals surface area contributed by atoms with Crippen molar-refractivity contribution in [3.63, 3.8) is 0 Å². The maximum atomic E-state index is 10.9. The number of aromatic nitrogens is 1. The zero-order valence-corrected chi connectivity index (χ0v) is 9.51. The Morgan fingerprint density at radius 3 is 2.82 bits per heavy atom. The topological polar surface area (TPSA) is 105 Å². The zero-order valence-electron chi connectivity index (χ0n) is 9.51. The van der Waals surface area contributed by atoms with Crippen molar-refractivity contribution >= 4 is 17.5 Å². The number of aryl methyl sites for hydroxylation is 1. The summed E-state index contributed by atoms with van der Waals surface area (Å²) in [5.74, 6) is -1.07. The van der Waals surface area contributed by atoms with Gasteiger partial charge in [0.25, 0.3) is 0 Å². The molecule has 7 nitrogen and oxygen atoms in total. The van der Waals surface area contributed by atoms with Gasteiger partial charge < -0.3 is 10.4 Å². The largest absolute Gasteiger partial charge is 0.480 e. The number of hydrogen-bond acceptors (Lipinski definition) is 5. The highest BCUT2D eigenvalue weighted by atomic mass is 16.6. The first-order valence-electron chi connectivity index (χ1n) is 5.06. The van der Waals surface area contributed by atoms with Gasteiger partial charge >= 0.3 is 11.7 Å². The first-order chi connectivity index (χ1) is 7.97. The van der Waals surface area contributed by atoms with Gasteiger partial charge in [0.15, 0.2) is 0 Å². The van der Waals surface area contributed by atoms with E-state index >= 15 is 0 Å². The Hall–Kier alpha value is -2.18. The lowest BCUT2D eigenvalue weighted by molar-refractivity contribution is -0.384. The van der Waals surface area contributed by atoms with Gasteiger partial charge in [-0.2, -0.15) is 0 Å². The molecule has 1 aromatic heterocycles. The van der Waals surface area contributed by atoms with Crippen LogP contribution in [0.25, 0.3) is 0 Å². The molecule has 0 spiro atoms. The van der Waals surface area contributed by atoms with Gasteiger partial charge in [0.2, 0.25) is 5.82 Å². The lowest BCUT2D eigenvalue weighted by atomic mass is 10.2. The van der Waals surface area contributed by atoms with Crippen molar-refractivity contribution in [2.24, 2.45) is 0 Å². The summed E-state index contributed by atoms with van der Waals surface area (Å²) in [6.45, 7) is 3.25. The molecular weight excluding hydrogens is 226 g/mol. The van der Waals surface area contributed by atoms with Gasteiger partial charge in [0.05, 0.1) is 4.92 Å². The number of nitro groups is 1. The van der Waals surface area contributed by atoms with Crippen LogP contribution in [0.4, 0.5) is 11.5 Å². The Kier molecular flexibility index (Phi) is 3.97. The van der Waals surface area contributed by atoms with E-state index in [1.54, 1.807) is 13.8 Å². The Labute approximate surface area is 97.6 Å². The van der Waals surface area contributed by atoms with Crippen LogP contribution in [0, 0.1) is 17.0 Å². The Morgan fingerprint density at radius 1 is 1.71 bits per heavy atom. The highest BCUT2D eigenvalue weighted by molar-refractivity contribution is 5.78. The van der Waals surface area contributed by atoms with Crippen molar-refractivity contribution in [2.75, 3.05) is 5.32 Å². The molecule has 0 aliphatic heterocycles. The number of carbonyl (C=O) groups is 1. The van der Waals surface area contributed by atoms with Gasteiger partial charge in [-0.05, 0) is 19.4 Å². The second-order valence-electron chi connectivity index (χ2n) is 3.53. The van der Waals surface area contributed by atoms with E-state index < -0.39 is 16.9 Å².